The summed E-state index contributed by atoms with van der Waals surface area (Å²) in [5, 5.41) is 5.13. The second kappa shape index (κ2) is 4.07. The first kappa shape index (κ1) is 11.7. The SMILES string of the molecule is O=Cc1ccc(Cl)c(C2(n3cncn3)CC2)c1Cl. The third-order valence-corrected chi connectivity index (χ3v) is 4.02. The molecule has 0 saturated heterocycles. The van der Waals surface area contributed by atoms with Crippen LogP contribution in [0, 0.1) is 0 Å². The minimum Gasteiger partial charge on any atom is -0.298 e. The first-order chi connectivity index (χ1) is 8.69. The Morgan fingerprint density at radius 1 is 1.33 bits per heavy atom. The molecule has 0 atom stereocenters. The van der Waals surface area contributed by atoms with Crippen LogP contribution in [-0.2, 0) is 5.54 Å². The number of aromatic nitrogens is 3. The van der Waals surface area contributed by atoms with Gasteiger partial charge in [-0.25, -0.2) is 9.67 Å². The second-order valence-electron chi connectivity index (χ2n) is 4.32. The maximum absolute atomic E-state index is 11.0. The Balaban J connectivity index is 2.21. The zero-order valence-corrected chi connectivity index (χ0v) is 10.8. The molecule has 1 aliphatic carbocycles. The Hall–Kier alpha value is -1.39. The maximum Gasteiger partial charge on any atom is 0.151 e. The lowest BCUT2D eigenvalue weighted by atomic mass is 10.0. The minimum atomic E-state index is -0.344. The molecule has 0 spiro atoms. The third kappa shape index (κ3) is 1.56. The van der Waals surface area contributed by atoms with E-state index in [0.717, 1.165) is 24.7 Å². The molecular formula is C12H9Cl2N3O. The lowest BCUT2D eigenvalue weighted by molar-refractivity contribution is 0.112. The van der Waals surface area contributed by atoms with E-state index < -0.39 is 0 Å². The summed E-state index contributed by atoms with van der Waals surface area (Å²) in [5.41, 5.74) is 0.868. The van der Waals surface area contributed by atoms with Gasteiger partial charge in [0.15, 0.2) is 6.29 Å². The molecule has 1 aromatic carbocycles. The lowest BCUT2D eigenvalue weighted by Crippen LogP contribution is -2.20. The predicted octanol–water partition coefficient (Wildman–Crippen LogP) is 2.93. The summed E-state index contributed by atoms with van der Waals surface area (Å²) in [7, 11) is 0. The molecule has 2 aromatic rings. The summed E-state index contributed by atoms with van der Waals surface area (Å²) in [4.78, 5) is 14.9. The molecule has 4 nitrogen and oxygen atoms in total. The highest BCUT2D eigenvalue weighted by Gasteiger charge is 2.50. The van der Waals surface area contributed by atoms with E-state index in [1.54, 1.807) is 23.1 Å². The van der Waals surface area contributed by atoms with Gasteiger partial charge < -0.3 is 0 Å². The summed E-state index contributed by atoms with van der Waals surface area (Å²) in [6, 6.07) is 3.32. The summed E-state index contributed by atoms with van der Waals surface area (Å²) < 4.78 is 1.76. The van der Waals surface area contributed by atoms with E-state index in [9.17, 15) is 4.79 Å². The van der Waals surface area contributed by atoms with Gasteiger partial charge in [0.1, 0.15) is 12.7 Å². The topological polar surface area (TPSA) is 47.8 Å². The molecule has 0 bridgehead atoms. The number of benzene rings is 1. The van der Waals surface area contributed by atoms with Gasteiger partial charge in [-0.3, -0.25) is 4.79 Å². The highest BCUT2D eigenvalue weighted by molar-refractivity contribution is 6.37. The number of hydrogen-bond donors (Lipinski definition) is 0. The van der Waals surface area contributed by atoms with Crippen molar-refractivity contribution in [2.75, 3.05) is 0 Å². The zero-order valence-electron chi connectivity index (χ0n) is 9.31. The van der Waals surface area contributed by atoms with Gasteiger partial charge in [0.05, 0.1) is 10.6 Å². The Kier molecular flexibility index (Phi) is 2.64. The monoisotopic (exact) mass is 281 g/mol. The number of rotatable bonds is 3. The largest absolute Gasteiger partial charge is 0.298 e. The van der Waals surface area contributed by atoms with E-state index in [0.29, 0.717) is 15.6 Å². The van der Waals surface area contributed by atoms with Crippen LogP contribution in [0.25, 0.3) is 0 Å². The molecule has 1 aliphatic rings. The van der Waals surface area contributed by atoms with Crippen molar-refractivity contribution in [1.82, 2.24) is 14.8 Å². The van der Waals surface area contributed by atoms with Crippen molar-refractivity contribution in [1.29, 1.82) is 0 Å². The molecule has 0 radical (unpaired) electrons. The van der Waals surface area contributed by atoms with Crippen LogP contribution >= 0.6 is 23.2 Å². The second-order valence-corrected chi connectivity index (χ2v) is 5.10. The van der Waals surface area contributed by atoms with Crippen molar-refractivity contribution in [3.05, 3.63) is 46.0 Å². The number of hydrogen-bond acceptors (Lipinski definition) is 3. The van der Waals surface area contributed by atoms with Gasteiger partial charge in [0, 0.05) is 16.1 Å². The number of carbonyl (C=O) groups excluding carboxylic acids is 1. The van der Waals surface area contributed by atoms with Crippen LogP contribution in [0.5, 0.6) is 0 Å². The number of aldehydes is 1. The number of halogens is 2. The molecule has 1 saturated carbocycles. The molecule has 3 rings (SSSR count). The molecule has 0 aliphatic heterocycles. The maximum atomic E-state index is 11.0. The van der Waals surface area contributed by atoms with Gasteiger partial charge in [-0.15, -0.1) is 0 Å². The van der Waals surface area contributed by atoms with Crippen molar-refractivity contribution in [3.8, 4) is 0 Å². The minimum absolute atomic E-state index is 0.344. The number of nitrogens with zero attached hydrogens (tertiary/aromatic N) is 3. The molecule has 0 N–H and O–H groups in total. The van der Waals surface area contributed by atoms with Gasteiger partial charge in [-0.05, 0) is 25.0 Å². The summed E-state index contributed by atoms with van der Waals surface area (Å²) in [6.45, 7) is 0. The number of carbonyl (C=O) groups is 1. The Bertz CT molecular complexity index is 606. The van der Waals surface area contributed by atoms with Crippen LogP contribution in [0.2, 0.25) is 10.0 Å². The highest BCUT2D eigenvalue weighted by atomic mass is 35.5. The van der Waals surface area contributed by atoms with Gasteiger partial charge in [0.25, 0.3) is 0 Å². The van der Waals surface area contributed by atoms with Crippen LogP contribution < -0.4 is 0 Å². The smallest absolute Gasteiger partial charge is 0.151 e. The van der Waals surface area contributed by atoms with Crippen molar-refractivity contribution in [2.24, 2.45) is 0 Å². The molecule has 1 aromatic heterocycles. The van der Waals surface area contributed by atoms with Gasteiger partial charge >= 0.3 is 0 Å². The quantitative estimate of drug-likeness (QED) is 0.813. The molecule has 18 heavy (non-hydrogen) atoms. The fourth-order valence-electron chi connectivity index (χ4n) is 2.23. The zero-order chi connectivity index (χ0) is 12.8. The van der Waals surface area contributed by atoms with Crippen molar-refractivity contribution < 1.29 is 4.79 Å². The van der Waals surface area contributed by atoms with E-state index in [1.165, 1.54) is 6.33 Å². The van der Waals surface area contributed by atoms with E-state index in [4.69, 9.17) is 23.2 Å². The van der Waals surface area contributed by atoms with Crippen molar-refractivity contribution in [3.63, 3.8) is 0 Å². The van der Waals surface area contributed by atoms with Crippen molar-refractivity contribution in [2.45, 2.75) is 18.4 Å². The molecule has 1 heterocycles. The third-order valence-electron chi connectivity index (χ3n) is 3.29. The van der Waals surface area contributed by atoms with E-state index in [2.05, 4.69) is 10.1 Å². The molecule has 6 heteroatoms. The average molecular weight is 282 g/mol. The first-order valence-electron chi connectivity index (χ1n) is 5.48. The van der Waals surface area contributed by atoms with Crippen LogP contribution in [0.3, 0.4) is 0 Å². The molecule has 1 fully saturated rings. The van der Waals surface area contributed by atoms with Crippen LogP contribution in [0.4, 0.5) is 0 Å². The fourth-order valence-corrected chi connectivity index (χ4v) is 2.99. The summed E-state index contributed by atoms with van der Waals surface area (Å²) >= 11 is 12.5. The lowest BCUT2D eigenvalue weighted by Gasteiger charge is -2.19. The van der Waals surface area contributed by atoms with E-state index in [-0.39, 0.29) is 5.54 Å². The molecule has 92 valence electrons. The molecular weight excluding hydrogens is 273 g/mol. The normalized spacial score (nSPS) is 16.6. The van der Waals surface area contributed by atoms with Crippen LogP contribution in [0.1, 0.15) is 28.8 Å². The first-order valence-corrected chi connectivity index (χ1v) is 6.23. The van der Waals surface area contributed by atoms with Gasteiger partial charge in [-0.2, -0.15) is 5.10 Å². The summed E-state index contributed by atoms with van der Waals surface area (Å²) in [6.07, 6.45) is 5.63. The Labute approximate surface area is 114 Å². The van der Waals surface area contributed by atoms with Gasteiger partial charge in [0.2, 0.25) is 0 Å². The molecule has 0 amide bonds. The summed E-state index contributed by atoms with van der Waals surface area (Å²) in [5.74, 6) is 0. The van der Waals surface area contributed by atoms with Gasteiger partial charge in [-0.1, -0.05) is 23.2 Å². The van der Waals surface area contributed by atoms with Crippen LogP contribution in [0.15, 0.2) is 24.8 Å². The molecule has 0 unspecified atom stereocenters. The predicted molar refractivity (Wildman–Crippen MR) is 68.2 cm³/mol. The Morgan fingerprint density at radius 2 is 2.11 bits per heavy atom. The average Bonchev–Trinajstić information content (AvgIpc) is 2.96. The Morgan fingerprint density at radius 3 is 2.67 bits per heavy atom. The highest BCUT2D eigenvalue weighted by Crippen LogP contribution is 2.53. The fraction of sp³-hybridized carbons (Fsp3) is 0.250. The van der Waals surface area contributed by atoms with E-state index >= 15 is 0 Å². The van der Waals surface area contributed by atoms with Crippen molar-refractivity contribution >= 4 is 29.5 Å². The standard InChI is InChI=1S/C12H9Cl2N3O/c13-9-2-1-8(5-18)11(14)10(9)12(3-4-12)17-7-15-6-16-17/h1-2,5-7H,3-4H2. The van der Waals surface area contributed by atoms with E-state index in [1.807, 2.05) is 0 Å². The van der Waals surface area contributed by atoms with Crippen LogP contribution in [-0.4, -0.2) is 21.1 Å².